The normalized spacial score (nSPS) is 15.6. The molecule has 0 radical (unpaired) electrons. The van der Waals surface area contributed by atoms with Crippen LogP contribution in [0.15, 0.2) is 62.2 Å². The molecule has 0 fully saturated rings. The Morgan fingerprint density at radius 1 is 0.933 bits per heavy atom. The highest BCUT2D eigenvalue weighted by molar-refractivity contribution is 4.99. The van der Waals surface area contributed by atoms with Crippen LogP contribution in [0.25, 0.3) is 0 Å². The van der Waals surface area contributed by atoms with Gasteiger partial charge < -0.3 is 18.9 Å². The molecule has 2 rings (SSSR count). The molecule has 0 N–H and O–H groups in total. The Morgan fingerprint density at radius 3 is 1.93 bits per heavy atom. The topological polar surface area (TPSA) is 36.9 Å². The van der Waals surface area contributed by atoms with Crippen molar-refractivity contribution in [3.63, 3.8) is 0 Å². The minimum atomic E-state index is 0.713. The maximum Gasteiger partial charge on any atom is 0.142 e. The monoisotopic (exact) mass is 208 g/mol. The van der Waals surface area contributed by atoms with Crippen molar-refractivity contribution in [3.8, 4) is 0 Å². The highest BCUT2D eigenvalue weighted by Gasteiger charge is 1.96. The third-order valence-corrected chi connectivity index (χ3v) is 1.32. The van der Waals surface area contributed by atoms with Crippen molar-refractivity contribution >= 4 is 0 Å². The summed E-state index contributed by atoms with van der Waals surface area (Å²) in [7, 11) is 0. The molecule has 4 heteroatoms. The number of allylic oxidation sites excluding steroid dienone is 1. The van der Waals surface area contributed by atoms with Gasteiger partial charge in [0.05, 0.1) is 0 Å². The Morgan fingerprint density at radius 2 is 1.53 bits per heavy atom. The molecule has 0 aromatic heterocycles. The molecule has 0 bridgehead atoms. The first kappa shape index (κ1) is 11.0. The van der Waals surface area contributed by atoms with E-state index in [9.17, 15) is 0 Å². The summed E-state index contributed by atoms with van der Waals surface area (Å²) in [6, 6.07) is 0. The minimum Gasteiger partial charge on any atom is -0.466 e. The van der Waals surface area contributed by atoms with Crippen LogP contribution in [0.1, 0.15) is 6.42 Å². The van der Waals surface area contributed by atoms with Crippen molar-refractivity contribution < 1.29 is 18.9 Å². The summed E-state index contributed by atoms with van der Waals surface area (Å²) in [4.78, 5) is 0. The number of ether oxygens (including phenoxy) is 4. The zero-order valence-corrected chi connectivity index (χ0v) is 8.17. The predicted molar refractivity (Wildman–Crippen MR) is 54.7 cm³/mol. The van der Waals surface area contributed by atoms with E-state index in [0.717, 1.165) is 5.76 Å². The van der Waals surface area contributed by atoms with Crippen molar-refractivity contribution in [2.75, 3.05) is 0 Å². The van der Waals surface area contributed by atoms with Gasteiger partial charge in [-0.25, -0.2) is 0 Å². The molecule has 0 aromatic carbocycles. The predicted octanol–water partition coefficient (Wildman–Crippen LogP) is 2.90. The molecule has 0 atom stereocenters. The first-order valence-corrected chi connectivity index (χ1v) is 4.31. The summed E-state index contributed by atoms with van der Waals surface area (Å²) in [6.07, 6.45) is 12.8. The summed E-state index contributed by atoms with van der Waals surface area (Å²) in [5, 5.41) is 0. The van der Waals surface area contributed by atoms with E-state index >= 15 is 0 Å². The lowest BCUT2D eigenvalue weighted by atomic mass is 10.4. The molecular formula is C11H12O4. The average molecular weight is 208 g/mol. The molecule has 0 aromatic rings. The van der Waals surface area contributed by atoms with Crippen LogP contribution in [0.5, 0.6) is 0 Å². The first-order valence-electron chi connectivity index (χ1n) is 4.31. The Labute approximate surface area is 88.4 Å². The van der Waals surface area contributed by atoms with Crippen molar-refractivity contribution in [1.82, 2.24) is 0 Å². The van der Waals surface area contributed by atoms with E-state index in [1.165, 1.54) is 37.6 Å². The van der Waals surface area contributed by atoms with Gasteiger partial charge in [0.1, 0.15) is 49.6 Å². The summed E-state index contributed by atoms with van der Waals surface area (Å²) in [6.45, 7) is 3.55. The van der Waals surface area contributed by atoms with Crippen LogP contribution < -0.4 is 0 Å². The van der Waals surface area contributed by atoms with E-state index in [2.05, 4.69) is 16.1 Å². The largest absolute Gasteiger partial charge is 0.466 e. The van der Waals surface area contributed by atoms with Gasteiger partial charge in [-0.05, 0) is 0 Å². The van der Waals surface area contributed by atoms with Gasteiger partial charge in [-0.1, -0.05) is 6.08 Å². The molecule has 4 nitrogen and oxygen atoms in total. The average Bonchev–Trinajstić information content (AvgIpc) is 2.34. The molecule has 2 aliphatic rings. The lowest BCUT2D eigenvalue weighted by Crippen LogP contribution is -1.89. The van der Waals surface area contributed by atoms with Gasteiger partial charge in [-0.3, -0.25) is 0 Å². The molecule has 2 aliphatic heterocycles. The van der Waals surface area contributed by atoms with Crippen molar-refractivity contribution in [3.05, 3.63) is 62.2 Å². The molecule has 0 unspecified atom stereocenters. The molecular weight excluding hydrogens is 196 g/mol. The van der Waals surface area contributed by atoms with E-state index in [1.54, 1.807) is 12.3 Å². The van der Waals surface area contributed by atoms with Crippen molar-refractivity contribution in [2.45, 2.75) is 6.42 Å². The van der Waals surface area contributed by atoms with E-state index in [0.29, 0.717) is 6.42 Å². The summed E-state index contributed by atoms with van der Waals surface area (Å²) in [5.74, 6) is 0.785. The Balaban J connectivity index is 0.000000162. The van der Waals surface area contributed by atoms with E-state index in [4.69, 9.17) is 9.47 Å². The van der Waals surface area contributed by atoms with Gasteiger partial charge in [-0.15, -0.1) is 6.58 Å². The van der Waals surface area contributed by atoms with Gasteiger partial charge in [0.2, 0.25) is 0 Å². The zero-order valence-electron chi connectivity index (χ0n) is 8.17. The first-order chi connectivity index (χ1) is 7.43. The highest BCUT2D eigenvalue weighted by atomic mass is 16.5. The Hall–Kier alpha value is -2.10. The second-order valence-electron chi connectivity index (χ2n) is 2.42. The standard InChI is InChI=1S/C7H8O2.C4H4O2/c1-2-3-7-6-8-4-5-9-7;1-2-6-4-3-5-1/h2,4-6H,1,3H2;1-4H. The van der Waals surface area contributed by atoms with Crippen LogP contribution in [0.3, 0.4) is 0 Å². The summed E-state index contributed by atoms with van der Waals surface area (Å²) >= 11 is 0. The van der Waals surface area contributed by atoms with Crippen LogP contribution in [-0.2, 0) is 18.9 Å². The summed E-state index contributed by atoms with van der Waals surface area (Å²) in [5.41, 5.74) is 0. The van der Waals surface area contributed by atoms with E-state index < -0.39 is 0 Å². The molecule has 2 heterocycles. The third-order valence-electron chi connectivity index (χ3n) is 1.32. The quantitative estimate of drug-likeness (QED) is 0.654. The van der Waals surface area contributed by atoms with Gasteiger partial charge in [0.15, 0.2) is 0 Å². The lowest BCUT2D eigenvalue weighted by Gasteiger charge is -2.06. The Bertz CT molecular complexity index is 276. The van der Waals surface area contributed by atoms with Gasteiger partial charge >= 0.3 is 0 Å². The van der Waals surface area contributed by atoms with Crippen LogP contribution in [0, 0.1) is 0 Å². The minimum absolute atomic E-state index is 0.713. The van der Waals surface area contributed by atoms with Crippen LogP contribution in [0.4, 0.5) is 0 Å². The van der Waals surface area contributed by atoms with Crippen LogP contribution in [0.2, 0.25) is 0 Å². The lowest BCUT2D eigenvalue weighted by molar-refractivity contribution is 0.252. The maximum atomic E-state index is 5.00. The molecule has 0 spiro atoms. The second kappa shape index (κ2) is 7.32. The highest BCUT2D eigenvalue weighted by Crippen LogP contribution is 2.08. The molecule has 0 amide bonds. The van der Waals surface area contributed by atoms with Crippen LogP contribution in [-0.4, -0.2) is 0 Å². The Kier molecular flexibility index (Phi) is 5.36. The van der Waals surface area contributed by atoms with E-state index in [1.807, 2.05) is 0 Å². The van der Waals surface area contributed by atoms with Crippen molar-refractivity contribution in [2.24, 2.45) is 0 Å². The fourth-order valence-corrected chi connectivity index (χ4v) is 0.748. The molecule has 0 saturated heterocycles. The van der Waals surface area contributed by atoms with Gasteiger partial charge in [0.25, 0.3) is 0 Å². The van der Waals surface area contributed by atoms with Crippen molar-refractivity contribution in [1.29, 1.82) is 0 Å². The third kappa shape index (κ3) is 5.25. The number of hydrogen-bond acceptors (Lipinski definition) is 4. The summed E-state index contributed by atoms with van der Waals surface area (Å²) < 4.78 is 19.0. The zero-order chi connectivity index (χ0) is 10.8. The fraction of sp³-hybridized carbons (Fsp3) is 0.0909. The van der Waals surface area contributed by atoms with Gasteiger partial charge in [-0.2, -0.15) is 0 Å². The SMILES string of the molecule is C1=COC=CO1.C=CCC1=COC=CO1. The molecule has 15 heavy (non-hydrogen) atoms. The second-order valence-corrected chi connectivity index (χ2v) is 2.42. The smallest absolute Gasteiger partial charge is 0.142 e. The molecule has 80 valence electrons. The fourth-order valence-electron chi connectivity index (χ4n) is 0.748. The molecule has 0 aliphatic carbocycles. The maximum absolute atomic E-state index is 5.00. The van der Waals surface area contributed by atoms with Gasteiger partial charge in [0, 0.05) is 6.42 Å². The number of rotatable bonds is 2. The molecule has 0 saturated carbocycles. The van der Waals surface area contributed by atoms with Crippen LogP contribution >= 0.6 is 0 Å². The van der Waals surface area contributed by atoms with E-state index in [-0.39, 0.29) is 0 Å². The number of hydrogen-bond donors (Lipinski definition) is 0.